The van der Waals surface area contributed by atoms with Gasteiger partial charge in [0.25, 0.3) is 0 Å². The monoisotopic (exact) mass is 353 g/mol. The summed E-state index contributed by atoms with van der Waals surface area (Å²) < 4.78 is 8.35. The maximum atomic E-state index is 5.83. The van der Waals surface area contributed by atoms with Crippen LogP contribution in [0.25, 0.3) is 11.0 Å². The van der Waals surface area contributed by atoms with Crippen molar-refractivity contribution in [1.29, 1.82) is 0 Å². The molecular formula is C14H20BrN5O. The summed E-state index contributed by atoms with van der Waals surface area (Å²) in [7, 11) is 1.88. The van der Waals surface area contributed by atoms with Gasteiger partial charge in [-0.15, -0.1) is 0 Å². The Labute approximate surface area is 132 Å². The van der Waals surface area contributed by atoms with E-state index in [0.717, 1.165) is 41.0 Å². The molecule has 0 bridgehead atoms. The van der Waals surface area contributed by atoms with Crippen LogP contribution in [-0.4, -0.2) is 39.0 Å². The van der Waals surface area contributed by atoms with E-state index in [9.17, 15) is 0 Å². The van der Waals surface area contributed by atoms with Gasteiger partial charge in [0.15, 0.2) is 5.65 Å². The largest absolute Gasteiger partial charge is 0.378 e. The fourth-order valence-electron chi connectivity index (χ4n) is 3.01. The molecule has 3 rings (SSSR count). The molecule has 7 heteroatoms. The van der Waals surface area contributed by atoms with Crippen LogP contribution in [0.2, 0.25) is 0 Å². The number of aryl methyl sites for hydroxylation is 1. The third-order valence-electron chi connectivity index (χ3n) is 4.03. The fraction of sp³-hybridized carbons (Fsp3) is 0.643. The van der Waals surface area contributed by atoms with Crippen LogP contribution in [0.5, 0.6) is 0 Å². The number of hydrogen-bond donors (Lipinski definition) is 1. The number of halogens is 1. The third kappa shape index (κ3) is 2.76. The van der Waals surface area contributed by atoms with Crippen LogP contribution in [-0.2, 0) is 11.8 Å². The summed E-state index contributed by atoms with van der Waals surface area (Å²) in [4.78, 5) is 8.65. The fourth-order valence-corrected chi connectivity index (χ4v) is 3.62. The van der Waals surface area contributed by atoms with Crippen molar-refractivity contribution >= 4 is 32.8 Å². The van der Waals surface area contributed by atoms with Gasteiger partial charge in [-0.05, 0) is 28.3 Å². The van der Waals surface area contributed by atoms with Crippen LogP contribution in [0, 0.1) is 11.8 Å². The Balaban J connectivity index is 1.79. The van der Waals surface area contributed by atoms with Crippen molar-refractivity contribution in [3.8, 4) is 0 Å². The molecule has 6 nitrogen and oxygen atoms in total. The Morgan fingerprint density at radius 1 is 1.48 bits per heavy atom. The van der Waals surface area contributed by atoms with Gasteiger partial charge < -0.3 is 10.1 Å². The van der Waals surface area contributed by atoms with Gasteiger partial charge in [0.2, 0.25) is 0 Å². The molecule has 1 aliphatic rings. The molecule has 0 aromatic carbocycles. The minimum Gasteiger partial charge on any atom is -0.378 e. The smallest absolute Gasteiger partial charge is 0.164 e. The Bertz CT molecular complexity index is 642. The molecule has 0 saturated carbocycles. The molecule has 114 valence electrons. The minimum atomic E-state index is 0.326. The predicted octanol–water partition coefficient (Wildman–Crippen LogP) is 2.60. The number of rotatable bonds is 4. The lowest BCUT2D eigenvalue weighted by Crippen LogP contribution is -2.28. The minimum absolute atomic E-state index is 0.326. The zero-order chi connectivity index (χ0) is 15.0. The predicted molar refractivity (Wildman–Crippen MR) is 85.2 cm³/mol. The Morgan fingerprint density at radius 3 is 3.05 bits per heavy atom. The molecule has 0 radical (unpaired) electrons. The van der Waals surface area contributed by atoms with Gasteiger partial charge in [-0.25, -0.2) is 14.6 Å². The lowest BCUT2D eigenvalue weighted by molar-refractivity contribution is 0.0566. The number of fused-ring (bicyclic) bond motifs is 1. The van der Waals surface area contributed by atoms with Crippen molar-refractivity contribution in [2.24, 2.45) is 18.9 Å². The van der Waals surface area contributed by atoms with Crippen molar-refractivity contribution in [3.05, 3.63) is 10.9 Å². The quantitative estimate of drug-likeness (QED) is 0.914. The molecule has 1 N–H and O–H groups in total. The highest BCUT2D eigenvalue weighted by molar-refractivity contribution is 9.10. The topological polar surface area (TPSA) is 64.9 Å². The van der Waals surface area contributed by atoms with E-state index in [2.05, 4.69) is 50.2 Å². The van der Waals surface area contributed by atoms with Gasteiger partial charge in [-0.1, -0.05) is 13.8 Å². The molecule has 1 saturated heterocycles. The highest BCUT2D eigenvalue weighted by atomic mass is 79.9. The Morgan fingerprint density at radius 2 is 2.29 bits per heavy atom. The number of nitrogens with zero attached hydrogens (tertiary/aromatic N) is 4. The van der Waals surface area contributed by atoms with Crippen molar-refractivity contribution in [1.82, 2.24) is 19.7 Å². The average Bonchev–Trinajstić information content (AvgIpc) is 3.03. The maximum Gasteiger partial charge on any atom is 0.164 e. The van der Waals surface area contributed by atoms with Gasteiger partial charge in [-0.2, -0.15) is 5.10 Å². The number of hydrogen-bond acceptors (Lipinski definition) is 5. The normalized spacial score (nSPS) is 22.3. The zero-order valence-electron chi connectivity index (χ0n) is 12.5. The average molecular weight is 354 g/mol. The molecule has 2 aromatic rings. The summed E-state index contributed by atoms with van der Waals surface area (Å²) in [5, 5.41) is 8.72. The molecule has 2 aromatic heterocycles. The standard InChI is InChI=1S/C14H20BrN5O/c1-8(2)11-9(4-5-21-11)6-16-13-10-12(15)19-20(3)14(10)18-7-17-13/h7-9,11H,4-6H2,1-3H3,(H,16,17,18)/t9-,11-/m1/s1. The lowest BCUT2D eigenvalue weighted by Gasteiger charge is -2.22. The van der Waals surface area contributed by atoms with E-state index in [1.807, 2.05) is 7.05 Å². The van der Waals surface area contributed by atoms with Crippen LogP contribution in [0.3, 0.4) is 0 Å². The van der Waals surface area contributed by atoms with Crippen LogP contribution in [0.15, 0.2) is 10.9 Å². The Hall–Kier alpha value is -1.21. The summed E-state index contributed by atoms with van der Waals surface area (Å²) in [5.74, 6) is 1.88. The molecule has 0 unspecified atom stereocenters. The van der Waals surface area contributed by atoms with Crippen molar-refractivity contribution in [2.75, 3.05) is 18.5 Å². The number of nitrogens with one attached hydrogen (secondary N) is 1. The Kier molecular flexibility index (Phi) is 4.12. The summed E-state index contributed by atoms with van der Waals surface area (Å²) in [5.41, 5.74) is 0.822. The van der Waals surface area contributed by atoms with Crippen LogP contribution in [0.1, 0.15) is 20.3 Å². The van der Waals surface area contributed by atoms with Gasteiger partial charge in [-0.3, -0.25) is 0 Å². The second-order valence-corrected chi connectivity index (χ2v) is 6.60. The van der Waals surface area contributed by atoms with Gasteiger partial charge >= 0.3 is 0 Å². The molecule has 0 spiro atoms. The van der Waals surface area contributed by atoms with E-state index in [-0.39, 0.29) is 0 Å². The lowest BCUT2D eigenvalue weighted by atomic mass is 9.93. The number of ether oxygens (including phenoxy) is 1. The summed E-state index contributed by atoms with van der Waals surface area (Å²) in [6.07, 6.45) is 2.99. The summed E-state index contributed by atoms with van der Waals surface area (Å²) in [6.45, 7) is 6.13. The second kappa shape index (κ2) is 5.88. The van der Waals surface area contributed by atoms with Crippen LogP contribution >= 0.6 is 15.9 Å². The number of aromatic nitrogens is 4. The zero-order valence-corrected chi connectivity index (χ0v) is 14.1. The molecule has 0 aliphatic carbocycles. The molecule has 21 heavy (non-hydrogen) atoms. The molecule has 1 fully saturated rings. The van der Waals surface area contributed by atoms with Gasteiger partial charge in [0.1, 0.15) is 16.7 Å². The molecule has 0 amide bonds. The van der Waals surface area contributed by atoms with Crippen LogP contribution < -0.4 is 5.32 Å². The second-order valence-electron chi connectivity index (χ2n) is 5.84. The summed E-state index contributed by atoms with van der Waals surface area (Å²) in [6, 6.07) is 0. The van der Waals surface area contributed by atoms with Crippen molar-refractivity contribution in [2.45, 2.75) is 26.4 Å². The first-order valence-electron chi connectivity index (χ1n) is 7.26. The van der Waals surface area contributed by atoms with E-state index in [0.29, 0.717) is 17.9 Å². The highest BCUT2D eigenvalue weighted by Gasteiger charge is 2.30. The third-order valence-corrected chi connectivity index (χ3v) is 4.59. The van der Waals surface area contributed by atoms with E-state index >= 15 is 0 Å². The molecule has 3 heterocycles. The molecule has 2 atom stereocenters. The number of anilines is 1. The van der Waals surface area contributed by atoms with E-state index in [1.54, 1.807) is 11.0 Å². The van der Waals surface area contributed by atoms with E-state index < -0.39 is 0 Å². The summed E-state index contributed by atoms with van der Waals surface area (Å²) >= 11 is 3.48. The van der Waals surface area contributed by atoms with Crippen molar-refractivity contribution in [3.63, 3.8) is 0 Å². The van der Waals surface area contributed by atoms with E-state index in [1.165, 1.54) is 0 Å². The van der Waals surface area contributed by atoms with Gasteiger partial charge in [0, 0.05) is 26.1 Å². The first kappa shape index (κ1) is 14.7. The molecule has 1 aliphatic heterocycles. The highest BCUT2D eigenvalue weighted by Crippen LogP contribution is 2.30. The first-order valence-corrected chi connectivity index (χ1v) is 8.06. The first-order chi connectivity index (χ1) is 10.1. The van der Waals surface area contributed by atoms with Crippen LogP contribution in [0.4, 0.5) is 5.82 Å². The van der Waals surface area contributed by atoms with Crippen molar-refractivity contribution < 1.29 is 4.74 Å². The van der Waals surface area contributed by atoms with Gasteiger partial charge in [0.05, 0.1) is 11.5 Å². The maximum absolute atomic E-state index is 5.83. The van der Waals surface area contributed by atoms with E-state index in [4.69, 9.17) is 4.74 Å². The SMILES string of the molecule is CC(C)[C@H]1OCC[C@@H]1CNc1ncnc2c1c(Br)nn2C. The molecular weight excluding hydrogens is 334 g/mol.